The van der Waals surface area contributed by atoms with Crippen LogP contribution in [0.4, 0.5) is 0 Å². The quantitative estimate of drug-likeness (QED) is 0.607. The van der Waals surface area contributed by atoms with Crippen LogP contribution >= 0.6 is 0 Å². The summed E-state index contributed by atoms with van der Waals surface area (Å²) in [6.07, 6.45) is 0. The van der Waals surface area contributed by atoms with E-state index in [4.69, 9.17) is 4.52 Å². The van der Waals surface area contributed by atoms with Gasteiger partial charge in [0.05, 0.1) is 11.0 Å². The Morgan fingerprint density at radius 3 is 2.62 bits per heavy atom. The van der Waals surface area contributed by atoms with Gasteiger partial charge in [-0.15, -0.1) is 0 Å². The second-order valence-electron chi connectivity index (χ2n) is 4.83. The van der Waals surface area contributed by atoms with Gasteiger partial charge in [0.25, 0.3) is 5.89 Å². The van der Waals surface area contributed by atoms with Crippen molar-refractivity contribution in [2.45, 2.75) is 6.92 Å². The molecule has 0 radical (unpaired) electrons. The van der Waals surface area contributed by atoms with Gasteiger partial charge in [0, 0.05) is 11.1 Å². The zero-order chi connectivity index (χ0) is 14.2. The van der Waals surface area contributed by atoms with Crippen molar-refractivity contribution >= 4 is 11.0 Å². The fourth-order valence-corrected chi connectivity index (χ4v) is 2.30. The van der Waals surface area contributed by atoms with Crippen molar-refractivity contribution in [2.24, 2.45) is 0 Å². The number of imidazole rings is 1. The van der Waals surface area contributed by atoms with Crippen molar-refractivity contribution < 1.29 is 4.52 Å². The Bertz CT molecular complexity index is 890. The molecule has 2 aromatic heterocycles. The van der Waals surface area contributed by atoms with E-state index in [0.717, 1.165) is 28.0 Å². The maximum atomic E-state index is 5.21. The van der Waals surface area contributed by atoms with Gasteiger partial charge in [-0.3, -0.25) is 0 Å². The Hall–Kier alpha value is -2.95. The van der Waals surface area contributed by atoms with E-state index >= 15 is 0 Å². The van der Waals surface area contributed by atoms with Crippen LogP contribution in [0.1, 0.15) is 5.82 Å². The van der Waals surface area contributed by atoms with Crippen LogP contribution in [-0.2, 0) is 0 Å². The molecular formula is C16H12N4O. The van der Waals surface area contributed by atoms with Crippen molar-refractivity contribution in [3.63, 3.8) is 0 Å². The number of fused-ring (bicyclic) bond motifs is 1. The summed E-state index contributed by atoms with van der Waals surface area (Å²) in [5.74, 6) is 1.97. The van der Waals surface area contributed by atoms with Crippen LogP contribution in [0.25, 0.3) is 33.9 Å². The first kappa shape index (κ1) is 11.8. The highest BCUT2D eigenvalue weighted by atomic mass is 16.5. The number of aromatic amines is 1. The predicted molar refractivity (Wildman–Crippen MR) is 79.6 cm³/mol. The van der Waals surface area contributed by atoms with E-state index in [0.29, 0.717) is 11.7 Å². The lowest BCUT2D eigenvalue weighted by atomic mass is 10.1. The summed E-state index contributed by atoms with van der Waals surface area (Å²) in [4.78, 5) is 12.2. The molecule has 0 bridgehead atoms. The SMILES string of the molecule is Cc1noc(-c2cccc(-c3nc4ccccc4[nH]3)c2)n1. The molecule has 5 nitrogen and oxygen atoms in total. The summed E-state index contributed by atoms with van der Waals surface area (Å²) < 4.78 is 5.21. The fourth-order valence-electron chi connectivity index (χ4n) is 2.30. The van der Waals surface area contributed by atoms with Gasteiger partial charge in [0.2, 0.25) is 0 Å². The molecule has 0 fully saturated rings. The van der Waals surface area contributed by atoms with E-state index in [-0.39, 0.29) is 0 Å². The molecule has 0 spiro atoms. The molecule has 102 valence electrons. The zero-order valence-corrected chi connectivity index (χ0v) is 11.4. The first-order valence-corrected chi connectivity index (χ1v) is 6.65. The molecule has 0 atom stereocenters. The topological polar surface area (TPSA) is 67.6 Å². The first-order chi connectivity index (χ1) is 10.3. The summed E-state index contributed by atoms with van der Waals surface area (Å²) in [7, 11) is 0. The van der Waals surface area contributed by atoms with E-state index < -0.39 is 0 Å². The van der Waals surface area contributed by atoms with E-state index in [2.05, 4.69) is 20.1 Å². The van der Waals surface area contributed by atoms with Crippen LogP contribution in [0.3, 0.4) is 0 Å². The highest BCUT2D eigenvalue weighted by Gasteiger charge is 2.09. The molecule has 2 heterocycles. The minimum Gasteiger partial charge on any atom is -0.338 e. The number of aromatic nitrogens is 4. The van der Waals surface area contributed by atoms with Gasteiger partial charge in [-0.05, 0) is 31.2 Å². The minimum absolute atomic E-state index is 0.519. The molecule has 0 unspecified atom stereocenters. The van der Waals surface area contributed by atoms with Gasteiger partial charge in [-0.1, -0.05) is 29.4 Å². The summed E-state index contributed by atoms with van der Waals surface area (Å²) >= 11 is 0. The molecule has 4 aromatic rings. The number of rotatable bonds is 2. The molecule has 4 rings (SSSR count). The molecule has 0 aliphatic heterocycles. The van der Waals surface area contributed by atoms with E-state index in [1.165, 1.54) is 0 Å². The van der Waals surface area contributed by atoms with Gasteiger partial charge < -0.3 is 9.51 Å². The van der Waals surface area contributed by atoms with Gasteiger partial charge >= 0.3 is 0 Å². The number of aryl methyl sites for hydroxylation is 1. The van der Waals surface area contributed by atoms with Gasteiger partial charge in [0.1, 0.15) is 5.82 Å². The standard InChI is InChI=1S/C16H12N4O/c1-10-17-16(21-20-10)12-6-4-5-11(9-12)15-18-13-7-2-3-8-14(13)19-15/h2-9H,1H3,(H,18,19). The molecule has 0 aliphatic carbocycles. The number of nitrogens with zero attached hydrogens (tertiary/aromatic N) is 3. The average molecular weight is 276 g/mol. The number of hydrogen-bond acceptors (Lipinski definition) is 4. The number of benzene rings is 2. The Kier molecular flexibility index (Phi) is 2.57. The summed E-state index contributed by atoms with van der Waals surface area (Å²) in [5, 5.41) is 3.82. The summed E-state index contributed by atoms with van der Waals surface area (Å²) in [6, 6.07) is 15.9. The summed E-state index contributed by atoms with van der Waals surface area (Å²) in [6.45, 7) is 1.80. The molecule has 0 saturated heterocycles. The molecule has 21 heavy (non-hydrogen) atoms. The second kappa shape index (κ2) is 4.56. The third-order valence-electron chi connectivity index (χ3n) is 3.30. The minimum atomic E-state index is 0.519. The lowest BCUT2D eigenvalue weighted by Crippen LogP contribution is -1.83. The van der Waals surface area contributed by atoms with E-state index in [1.807, 2.05) is 48.5 Å². The number of para-hydroxylation sites is 2. The summed E-state index contributed by atoms with van der Waals surface area (Å²) in [5.41, 5.74) is 3.84. The predicted octanol–water partition coefficient (Wildman–Crippen LogP) is 3.59. The van der Waals surface area contributed by atoms with Crippen LogP contribution in [0.2, 0.25) is 0 Å². The van der Waals surface area contributed by atoms with Gasteiger partial charge in [-0.25, -0.2) is 4.98 Å². The monoisotopic (exact) mass is 276 g/mol. The normalized spacial score (nSPS) is 11.1. The molecular weight excluding hydrogens is 264 g/mol. The zero-order valence-electron chi connectivity index (χ0n) is 11.4. The van der Waals surface area contributed by atoms with E-state index in [1.54, 1.807) is 6.92 Å². The lowest BCUT2D eigenvalue weighted by molar-refractivity contribution is 0.425. The largest absolute Gasteiger partial charge is 0.338 e. The van der Waals surface area contributed by atoms with Gasteiger partial charge in [0.15, 0.2) is 5.82 Å². The van der Waals surface area contributed by atoms with Crippen molar-refractivity contribution in [1.82, 2.24) is 20.1 Å². The highest BCUT2D eigenvalue weighted by Crippen LogP contribution is 2.25. The second-order valence-corrected chi connectivity index (χ2v) is 4.83. The average Bonchev–Trinajstić information content (AvgIpc) is 3.13. The molecule has 5 heteroatoms. The molecule has 0 saturated carbocycles. The van der Waals surface area contributed by atoms with Crippen LogP contribution in [-0.4, -0.2) is 20.1 Å². The Labute approximate surface area is 120 Å². The Balaban J connectivity index is 1.81. The van der Waals surface area contributed by atoms with Crippen LogP contribution in [0, 0.1) is 6.92 Å². The van der Waals surface area contributed by atoms with Crippen molar-refractivity contribution in [3.8, 4) is 22.8 Å². The highest BCUT2D eigenvalue weighted by molar-refractivity contribution is 5.79. The smallest absolute Gasteiger partial charge is 0.257 e. The van der Waals surface area contributed by atoms with Crippen LogP contribution in [0.15, 0.2) is 53.1 Å². The number of H-pyrrole nitrogens is 1. The molecule has 1 N–H and O–H groups in total. The maximum absolute atomic E-state index is 5.21. The number of hydrogen-bond donors (Lipinski definition) is 1. The number of nitrogens with one attached hydrogen (secondary N) is 1. The van der Waals surface area contributed by atoms with Crippen LogP contribution < -0.4 is 0 Å². The third kappa shape index (κ3) is 2.08. The van der Waals surface area contributed by atoms with Crippen LogP contribution in [0.5, 0.6) is 0 Å². The molecule has 0 aliphatic rings. The first-order valence-electron chi connectivity index (χ1n) is 6.65. The lowest BCUT2D eigenvalue weighted by Gasteiger charge is -1.99. The van der Waals surface area contributed by atoms with E-state index in [9.17, 15) is 0 Å². The van der Waals surface area contributed by atoms with Crippen molar-refractivity contribution in [3.05, 3.63) is 54.4 Å². The Morgan fingerprint density at radius 1 is 0.952 bits per heavy atom. The van der Waals surface area contributed by atoms with Gasteiger partial charge in [-0.2, -0.15) is 4.98 Å². The Morgan fingerprint density at radius 2 is 1.81 bits per heavy atom. The molecule has 2 aromatic carbocycles. The molecule has 0 amide bonds. The van der Waals surface area contributed by atoms with Crippen molar-refractivity contribution in [2.75, 3.05) is 0 Å². The fraction of sp³-hybridized carbons (Fsp3) is 0.0625. The maximum Gasteiger partial charge on any atom is 0.257 e. The third-order valence-corrected chi connectivity index (χ3v) is 3.30. The van der Waals surface area contributed by atoms with Crippen molar-refractivity contribution in [1.29, 1.82) is 0 Å².